The summed E-state index contributed by atoms with van der Waals surface area (Å²) < 4.78 is 39.1. The summed E-state index contributed by atoms with van der Waals surface area (Å²) in [6.07, 6.45) is -4.57. The number of carbonyl (C=O) groups excluding carboxylic acids is 1. The second kappa shape index (κ2) is 7.32. The summed E-state index contributed by atoms with van der Waals surface area (Å²) in [7, 11) is 0. The minimum Gasteiger partial charge on any atom is -0.324 e. The van der Waals surface area contributed by atoms with Crippen molar-refractivity contribution < 1.29 is 18.0 Å². The van der Waals surface area contributed by atoms with E-state index in [-0.39, 0.29) is 23.3 Å². The zero-order valence-corrected chi connectivity index (χ0v) is 14.4. The van der Waals surface area contributed by atoms with E-state index in [1.165, 1.54) is 12.1 Å². The molecule has 1 amide bonds. The summed E-state index contributed by atoms with van der Waals surface area (Å²) in [5.41, 5.74) is -1.20. The van der Waals surface area contributed by atoms with Crippen LogP contribution in [0.5, 0.6) is 0 Å². The van der Waals surface area contributed by atoms with Gasteiger partial charge in [0.2, 0.25) is 5.91 Å². The van der Waals surface area contributed by atoms with Gasteiger partial charge in [0.15, 0.2) is 0 Å². The van der Waals surface area contributed by atoms with E-state index in [1.807, 2.05) is 23.6 Å². The minimum absolute atomic E-state index is 0.0224. The van der Waals surface area contributed by atoms with Gasteiger partial charge in [0, 0.05) is 28.6 Å². The van der Waals surface area contributed by atoms with Gasteiger partial charge < -0.3 is 5.32 Å². The third kappa shape index (κ3) is 4.78. The highest BCUT2D eigenvalue weighted by molar-refractivity contribution is 8.00. The molecule has 1 aliphatic heterocycles. The van der Waals surface area contributed by atoms with E-state index in [2.05, 4.69) is 12.2 Å². The Morgan fingerprint density at radius 2 is 2.13 bits per heavy atom. The number of hydrogen-bond donors (Lipinski definition) is 1. The summed E-state index contributed by atoms with van der Waals surface area (Å²) in [6.45, 7) is 4.93. The highest BCUT2D eigenvalue weighted by atomic mass is 35.5. The minimum atomic E-state index is -4.57. The number of anilines is 1. The molecule has 3 nitrogen and oxygen atoms in total. The molecule has 8 heteroatoms. The lowest BCUT2D eigenvalue weighted by atomic mass is 10.1. The maximum Gasteiger partial charge on any atom is 0.418 e. The van der Waals surface area contributed by atoms with Gasteiger partial charge in [-0.15, -0.1) is 0 Å². The molecule has 2 unspecified atom stereocenters. The van der Waals surface area contributed by atoms with Crippen molar-refractivity contribution in [2.24, 2.45) is 0 Å². The first-order valence-corrected chi connectivity index (χ1v) is 8.63. The van der Waals surface area contributed by atoms with Gasteiger partial charge in [-0.2, -0.15) is 24.9 Å². The smallest absolute Gasteiger partial charge is 0.324 e. The van der Waals surface area contributed by atoms with E-state index < -0.39 is 17.6 Å². The first-order valence-electron chi connectivity index (χ1n) is 7.20. The van der Waals surface area contributed by atoms with Gasteiger partial charge in [-0.3, -0.25) is 9.69 Å². The second-order valence-electron chi connectivity index (χ2n) is 5.52. The summed E-state index contributed by atoms with van der Waals surface area (Å²) in [4.78, 5) is 14.1. The maximum atomic E-state index is 13.0. The SMILES string of the molecule is CC1SCCN(CC(=O)Nc2ccc(Cl)cc2C(F)(F)F)C1C. The molecule has 1 saturated heterocycles. The van der Waals surface area contributed by atoms with Gasteiger partial charge in [-0.1, -0.05) is 18.5 Å². The summed E-state index contributed by atoms with van der Waals surface area (Å²) >= 11 is 7.46. The van der Waals surface area contributed by atoms with Crippen molar-refractivity contribution in [2.75, 3.05) is 24.2 Å². The van der Waals surface area contributed by atoms with Crippen LogP contribution in [0.2, 0.25) is 5.02 Å². The molecule has 1 aliphatic rings. The van der Waals surface area contributed by atoms with Gasteiger partial charge in [0.25, 0.3) is 0 Å². The molecular weight excluding hydrogens is 349 g/mol. The van der Waals surface area contributed by atoms with Crippen molar-refractivity contribution in [3.8, 4) is 0 Å². The molecule has 1 heterocycles. The lowest BCUT2D eigenvalue weighted by molar-refractivity contribution is -0.137. The molecule has 23 heavy (non-hydrogen) atoms. The van der Waals surface area contributed by atoms with Gasteiger partial charge in [0.05, 0.1) is 17.8 Å². The lowest BCUT2D eigenvalue weighted by Crippen LogP contribution is -2.47. The molecule has 0 bridgehead atoms. The lowest BCUT2D eigenvalue weighted by Gasteiger charge is -2.36. The average molecular weight is 367 g/mol. The Hall–Kier alpha value is -0.920. The molecule has 0 spiro atoms. The number of nitrogens with zero attached hydrogens (tertiary/aromatic N) is 1. The normalized spacial score (nSPS) is 22.9. The second-order valence-corrected chi connectivity index (χ2v) is 7.44. The molecule has 1 aromatic rings. The standard InChI is InChI=1S/C15H18ClF3N2OS/c1-9-10(2)23-6-5-21(9)8-14(22)20-13-4-3-11(16)7-12(13)15(17,18)19/h3-4,7,9-10H,5-6,8H2,1-2H3,(H,20,22). The third-order valence-corrected chi connectivity index (χ3v) is 5.50. The molecule has 0 saturated carbocycles. The quantitative estimate of drug-likeness (QED) is 0.873. The Bertz CT molecular complexity index is 582. The average Bonchev–Trinajstić information content (AvgIpc) is 2.45. The number of nitrogens with one attached hydrogen (secondary N) is 1. The monoisotopic (exact) mass is 366 g/mol. The third-order valence-electron chi connectivity index (χ3n) is 3.92. The highest BCUT2D eigenvalue weighted by Crippen LogP contribution is 2.36. The zero-order valence-electron chi connectivity index (χ0n) is 12.8. The fourth-order valence-electron chi connectivity index (χ4n) is 2.45. The van der Waals surface area contributed by atoms with Crippen LogP contribution < -0.4 is 5.32 Å². The van der Waals surface area contributed by atoms with Crippen molar-refractivity contribution in [1.82, 2.24) is 4.90 Å². The number of rotatable bonds is 3. The van der Waals surface area contributed by atoms with Crippen LogP contribution in [0.3, 0.4) is 0 Å². The first kappa shape index (κ1) is 18.4. The van der Waals surface area contributed by atoms with Gasteiger partial charge in [-0.05, 0) is 25.1 Å². The topological polar surface area (TPSA) is 32.3 Å². The Morgan fingerprint density at radius 3 is 2.78 bits per heavy atom. The molecule has 128 valence electrons. The fraction of sp³-hybridized carbons (Fsp3) is 0.533. The van der Waals surface area contributed by atoms with E-state index >= 15 is 0 Å². The van der Waals surface area contributed by atoms with Crippen LogP contribution >= 0.6 is 23.4 Å². The number of alkyl halides is 3. The Balaban J connectivity index is 2.09. The van der Waals surface area contributed by atoms with Crippen LogP contribution in [-0.4, -0.2) is 40.9 Å². The number of hydrogen-bond acceptors (Lipinski definition) is 3. The van der Waals surface area contributed by atoms with Gasteiger partial charge in [0.1, 0.15) is 0 Å². The Labute approximate surface area is 142 Å². The summed E-state index contributed by atoms with van der Waals surface area (Å²) in [5, 5.41) is 2.73. The predicted molar refractivity (Wildman–Crippen MR) is 88.0 cm³/mol. The van der Waals surface area contributed by atoms with Crippen LogP contribution in [0.15, 0.2) is 18.2 Å². The molecule has 2 rings (SSSR count). The number of benzene rings is 1. The number of halogens is 4. The largest absolute Gasteiger partial charge is 0.418 e. The van der Waals surface area contributed by atoms with Crippen LogP contribution in [0.25, 0.3) is 0 Å². The molecule has 2 atom stereocenters. The van der Waals surface area contributed by atoms with E-state index in [9.17, 15) is 18.0 Å². The molecular formula is C15H18ClF3N2OS. The van der Waals surface area contributed by atoms with Crippen molar-refractivity contribution in [2.45, 2.75) is 31.3 Å². The maximum absolute atomic E-state index is 13.0. The van der Waals surface area contributed by atoms with Crippen LogP contribution in [-0.2, 0) is 11.0 Å². The van der Waals surface area contributed by atoms with Crippen LogP contribution in [0.4, 0.5) is 18.9 Å². The van der Waals surface area contributed by atoms with Gasteiger partial charge in [-0.25, -0.2) is 0 Å². The molecule has 0 aliphatic carbocycles. The highest BCUT2D eigenvalue weighted by Gasteiger charge is 2.34. The Kier molecular flexibility index (Phi) is 5.86. The fourth-order valence-corrected chi connectivity index (χ4v) is 3.79. The zero-order chi connectivity index (χ0) is 17.2. The van der Waals surface area contributed by atoms with E-state index in [1.54, 1.807) is 0 Å². The molecule has 0 aromatic heterocycles. The van der Waals surface area contributed by atoms with Crippen molar-refractivity contribution in [1.29, 1.82) is 0 Å². The van der Waals surface area contributed by atoms with Crippen LogP contribution in [0, 0.1) is 0 Å². The molecule has 1 N–H and O–H groups in total. The number of thioether (sulfide) groups is 1. The van der Waals surface area contributed by atoms with Crippen molar-refractivity contribution >= 4 is 35.0 Å². The number of amides is 1. The first-order chi connectivity index (χ1) is 10.7. The molecule has 0 radical (unpaired) electrons. The van der Waals surface area contributed by atoms with E-state index in [0.717, 1.165) is 18.4 Å². The molecule has 1 aromatic carbocycles. The molecule has 1 fully saturated rings. The van der Waals surface area contributed by atoms with E-state index in [4.69, 9.17) is 11.6 Å². The van der Waals surface area contributed by atoms with Gasteiger partial charge >= 0.3 is 6.18 Å². The van der Waals surface area contributed by atoms with Crippen molar-refractivity contribution in [3.63, 3.8) is 0 Å². The Morgan fingerprint density at radius 1 is 1.43 bits per heavy atom. The number of carbonyl (C=O) groups is 1. The summed E-state index contributed by atoms with van der Waals surface area (Å²) in [5.74, 6) is 0.455. The predicted octanol–water partition coefficient (Wildman–Crippen LogP) is 4.12. The van der Waals surface area contributed by atoms with E-state index in [0.29, 0.717) is 5.25 Å². The van der Waals surface area contributed by atoms with Crippen LogP contribution in [0.1, 0.15) is 19.4 Å². The van der Waals surface area contributed by atoms with Crippen molar-refractivity contribution in [3.05, 3.63) is 28.8 Å². The summed E-state index contributed by atoms with van der Waals surface area (Å²) in [6, 6.07) is 3.53.